The van der Waals surface area contributed by atoms with Crippen LogP contribution >= 0.6 is 0 Å². The van der Waals surface area contributed by atoms with Gasteiger partial charge in [0.1, 0.15) is 5.82 Å². The molecule has 4 rings (SSSR count). The van der Waals surface area contributed by atoms with Crippen molar-refractivity contribution in [1.82, 2.24) is 10.1 Å². The first-order valence-electron chi connectivity index (χ1n) is 13.5. The number of aryl methyl sites for hydroxylation is 1. The highest BCUT2D eigenvalue weighted by molar-refractivity contribution is 5.66. The summed E-state index contributed by atoms with van der Waals surface area (Å²) >= 11 is 0. The second-order valence-corrected chi connectivity index (χ2v) is 9.35. The zero-order valence-electron chi connectivity index (χ0n) is 23.6. The molecular weight excluding hydrogens is 485 g/mol. The van der Waals surface area contributed by atoms with Gasteiger partial charge in [0.2, 0.25) is 5.82 Å². The summed E-state index contributed by atoms with van der Waals surface area (Å²) in [6.45, 7) is 11.6. The number of carbonyl (C=O) groups is 1. The summed E-state index contributed by atoms with van der Waals surface area (Å²) in [5.74, 6) is -0.0496. The van der Waals surface area contributed by atoms with Crippen LogP contribution in [0.1, 0.15) is 77.8 Å². The molecule has 1 aliphatic heterocycles. The van der Waals surface area contributed by atoms with Gasteiger partial charge in [0.15, 0.2) is 0 Å². The van der Waals surface area contributed by atoms with Crippen LogP contribution in [0.3, 0.4) is 0 Å². The van der Waals surface area contributed by atoms with E-state index in [9.17, 15) is 9.18 Å². The lowest BCUT2D eigenvalue weighted by atomic mass is 10.00. The Balaban J connectivity index is 0.000000559. The fourth-order valence-electron chi connectivity index (χ4n) is 4.17. The number of rotatable bonds is 7. The van der Waals surface area contributed by atoms with Crippen molar-refractivity contribution in [2.24, 2.45) is 0 Å². The van der Waals surface area contributed by atoms with Crippen LogP contribution in [0.15, 0.2) is 40.9 Å². The number of ether oxygens (including phenoxy) is 1. The molecule has 208 valence electrons. The molecule has 7 nitrogen and oxygen atoms in total. The van der Waals surface area contributed by atoms with E-state index in [0.29, 0.717) is 36.3 Å². The maximum absolute atomic E-state index is 13.8. The van der Waals surface area contributed by atoms with Crippen LogP contribution in [0.4, 0.5) is 10.1 Å². The standard InChI is InChI=1S/C24H28FN3O2.C3H6O2.C3H8/c1-4-17-13-18(8-10-21(17)25)23-26-24(30-27-23)19-9-11-22(20(14-19)15-29-3)28-12-6-5-7-16(28)2;1-2-3(4)5;1-3-2/h8-11,13-14,16H,4-7,12,15H2,1-3H3;2H2,1H3,(H,4,5);3H2,1-2H3. The summed E-state index contributed by atoms with van der Waals surface area (Å²) in [6.07, 6.45) is 5.78. The molecular formula is C30H42FN3O4. The molecule has 1 aromatic heterocycles. The van der Waals surface area contributed by atoms with Gasteiger partial charge in [-0.15, -0.1) is 0 Å². The first-order chi connectivity index (χ1) is 18.3. The Labute approximate surface area is 226 Å². The molecule has 1 unspecified atom stereocenters. The maximum atomic E-state index is 13.8. The maximum Gasteiger partial charge on any atom is 0.303 e. The lowest BCUT2D eigenvalue weighted by Crippen LogP contribution is -2.38. The number of hydrogen-bond donors (Lipinski definition) is 1. The average molecular weight is 528 g/mol. The summed E-state index contributed by atoms with van der Waals surface area (Å²) < 4.78 is 24.8. The normalized spacial score (nSPS) is 14.7. The van der Waals surface area contributed by atoms with Gasteiger partial charge in [0.25, 0.3) is 5.89 Å². The monoisotopic (exact) mass is 527 g/mol. The predicted octanol–water partition coefficient (Wildman–Crippen LogP) is 7.53. The highest BCUT2D eigenvalue weighted by atomic mass is 19.1. The van der Waals surface area contributed by atoms with Crippen molar-refractivity contribution in [3.8, 4) is 22.8 Å². The first kappa shape index (κ1) is 31.0. The Morgan fingerprint density at radius 3 is 2.37 bits per heavy atom. The van der Waals surface area contributed by atoms with Gasteiger partial charge < -0.3 is 19.3 Å². The van der Waals surface area contributed by atoms with Crippen LogP contribution in [-0.2, 0) is 22.6 Å². The molecule has 1 fully saturated rings. The Hall–Kier alpha value is -3.26. The number of halogens is 1. The van der Waals surface area contributed by atoms with E-state index in [1.807, 2.05) is 13.0 Å². The minimum absolute atomic E-state index is 0.211. The predicted molar refractivity (Wildman–Crippen MR) is 150 cm³/mol. The van der Waals surface area contributed by atoms with Crippen molar-refractivity contribution in [2.75, 3.05) is 18.6 Å². The summed E-state index contributed by atoms with van der Waals surface area (Å²) in [4.78, 5) is 16.4. The summed E-state index contributed by atoms with van der Waals surface area (Å²) in [6, 6.07) is 11.6. The number of aliphatic carboxylic acids is 1. The number of nitrogens with zero attached hydrogens (tertiary/aromatic N) is 3. The zero-order chi connectivity index (χ0) is 28.1. The van der Waals surface area contributed by atoms with Gasteiger partial charge in [-0.2, -0.15) is 4.98 Å². The van der Waals surface area contributed by atoms with Gasteiger partial charge in [0.05, 0.1) is 6.61 Å². The van der Waals surface area contributed by atoms with Gasteiger partial charge in [-0.25, -0.2) is 4.39 Å². The molecule has 2 heterocycles. The molecule has 0 saturated carbocycles. The van der Waals surface area contributed by atoms with E-state index in [4.69, 9.17) is 14.4 Å². The number of carboxylic acids is 1. The molecule has 1 saturated heterocycles. The van der Waals surface area contributed by atoms with Crippen molar-refractivity contribution in [3.63, 3.8) is 0 Å². The molecule has 38 heavy (non-hydrogen) atoms. The average Bonchev–Trinajstić information content (AvgIpc) is 3.41. The molecule has 1 atom stereocenters. The number of carboxylic acid groups (broad SMARTS) is 1. The van der Waals surface area contributed by atoms with E-state index in [2.05, 4.69) is 47.9 Å². The lowest BCUT2D eigenvalue weighted by molar-refractivity contribution is -0.136. The summed E-state index contributed by atoms with van der Waals surface area (Å²) in [5, 5.41) is 11.8. The Kier molecular flexibility index (Phi) is 12.9. The Bertz CT molecular complexity index is 1150. The van der Waals surface area contributed by atoms with Crippen LogP contribution in [0.2, 0.25) is 0 Å². The number of aromatic nitrogens is 2. The second-order valence-electron chi connectivity index (χ2n) is 9.35. The van der Waals surface area contributed by atoms with Crippen molar-refractivity contribution < 1.29 is 23.6 Å². The third-order valence-electron chi connectivity index (χ3n) is 6.15. The minimum atomic E-state index is -0.745. The number of benzene rings is 2. The van der Waals surface area contributed by atoms with Gasteiger partial charge in [0, 0.05) is 48.5 Å². The number of piperidine rings is 1. The van der Waals surface area contributed by atoms with E-state index >= 15 is 0 Å². The Morgan fingerprint density at radius 2 is 1.76 bits per heavy atom. The Morgan fingerprint density at radius 1 is 1.11 bits per heavy atom. The summed E-state index contributed by atoms with van der Waals surface area (Å²) in [5.41, 5.74) is 4.56. The van der Waals surface area contributed by atoms with Crippen molar-refractivity contribution in [2.45, 2.75) is 85.8 Å². The first-order valence-corrected chi connectivity index (χ1v) is 13.5. The largest absolute Gasteiger partial charge is 0.481 e. The molecule has 0 amide bonds. The molecule has 0 radical (unpaired) electrons. The quantitative estimate of drug-likeness (QED) is 0.340. The van der Waals surface area contributed by atoms with Crippen LogP contribution in [-0.4, -0.2) is 40.9 Å². The second kappa shape index (κ2) is 15.9. The number of methoxy groups -OCH3 is 1. The molecule has 8 heteroatoms. The lowest BCUT2D eigenvalue weighted by Gasteiger charge is -2.36. The summed E-state index contributed by atoms with van der Waals surface area (Å²) in [7, 11) is 1.71. The SMILES string of the molecule is CCC.CCC(=O)O.CCc1cc(-c2noc(-c3ccc(N4CCCCC4C)c(COC)c3)n2)ccc1F. The zero-order valence-corrected chi connectivity index (χ0v) is 23.6. The van der Waals surface area contributed by atoms with E-state index in [1.54, 1.807) is 26.2 Å². The van der Waals surface area contributed by atoms with Crippen LogP contribution in [0, 0.1) is 5.82 Å². The fourth-order valence-corrected chi connectivity index (χ4v) is 4.17. The number of anilines is 1. The van der Waals surface area contributed by atoms with Crippen molar-refractivity contribution in [1.29, 1.82) is 0 Å². The fraction of sp³-hybridized carbons (Fsp3) is 0.500. The van der Waals surface area contributed by atoms with Crippen molar-refractivity contribution in [3.05, 3.63) is 53.3 Å². The van der Waals surface area contributed by atoms with E-state index in [1.165, 1.54) is 37.4 Å². The van der Waals surface area contributed by atoms with Gasteiger partial charge >= 0.3 is 5.97 Å². The topological polar surface area (TPSA) is 88.7 Å². The molecule has 0 aliphatic carbocycles. The molecule has 0 bridgehead atoms. The van der Waals surface area contributed by atoms with E-state index in [0.717, 1.165) is 23.2 Å². The highest BCUT2D eigenvalue weighted by Gasteiger charge is 2.22. The molecule has 3 aromatic rings. The molecule has 2 aromatic carbocycles. The molecule has 1 aliphatic rings. The number of hydrogen-bond acceptors (Lipinski definition) is 6. The van der Waals surface area contributed by atoms with E-state index < -0.39 is 5.97 Å². The van der Waals surface area contributed by atoms with Gasteiger partial charge in [-0.05, 0) is 74.6 Å². The van der Waals surface area contributed by atoms with Crippen LogP contribution < -0.4 is 4.90 Å². The van der Waals surface area contributed by atoms with Gasteiger partial charge in [-0.1, -0.05) is 39.3 Å². The van der Waals surface area contributed by atoms with E-state index in [-0.39, 0.29) is 12.2 Å². The highest BCUT2D eigenvalue weighted by Crippen LogP contribution is 2.32. The minimum Gasteiger partial charge on any atom is -0.481 e. The van der Waals surface area contributed by atoms with Gasteiger partial charge in [-0.3, -0.25) is 4.79 Å². The van der Waals surface area contributed by atoms with Crippen molar-refractivity contribution >= 4 is 11.7 Å². The molecule has 0 spiro atoms. The van der Waals surface area contributed by atoms with Crippen LogP contribution in [0.5, 0.6) is 0 Å². The third kappa shape index (κ3) is 8.65. The smallest absolute Gasteiger partial charge is 0.303 e. The third-order valence-corrected chi connectivity index (χ3v) is 6.15. The molecule has 1 N–H and O–H groups in total. The van der Waals surface area contributed by atoms with Crippen LogP contribution in [0.25, 0.3) is 22.8 Å².